The number of hydrogen-bond acceptors (Lipinski definition) is 4. The fraction of sp³-hybridized carbons (Fsp3) is 0.333. The number of hydrogen-bond donors (Lipinski definition) is 0. The lowest BCUT2D eigenvalue weighted by Gasteiger charge is -2.08. The minimum Gasteiger partial charge on any atom is -0.497 e. The van der Waals surface area contributed by atoms with Crippen molar-refractivity contribution in [3.05, 3.63) is 41.7 Å². The summed E-state index contributed by atoms with van der Waals surface area (Å²) in [7, 11) is 1.62. The molecule has 1 aromatic heterocycles. The first-order valence-electron chi connectivity index (χ1n) is 6.59. The topological polar surface area (TPSA) is 53.3 Å². The summed E-state index contributed by atoms with van der Waals surface area (Å²) >= 11 is 0. The largest absolute Gasteiger partial charge is 0.497 e. The van der Waals surface area contributed by atoms with Gasteiger partial charge in [-0.2, -0.15) is 5.10 Å². The molecule has 0 unspecified atom stereocenters. The maximum absolute atomic E-state index is 11.9. The molecule has 0 radical (unpaired) electrons. The molecule has 0 aliphatic carbocycles. The van der Waals surface area contributed by atoms with Gasteiger partial charge in [0.25, 0.3) is 0 Å². The van der Waals surface area contributed by atoms with E-state index >= 15 is 0 Å². The first-order valence-corrected chi connectivity index (χ1v) is 6.59. The lowest BCUT2D eigenvalue weighted by Crippen LogP contribution is -2.09. The lowest BCUT2D eigenvalue weighted by atomic mass is 10.2. The van der Waals surface area contributed by atoms with Gasteiger partial charge in [0.15, 0.2) is 0 Å². The second kappa shape index (κ2) is 6.23. The molecule has 0 bridgehead atoms. The van der Waals surface area contributed by atoms with E-state index in [9.17, 15) is 4.79 Å². The summed E-state index contributed by atoms with van der Waals surface area (Å²) in [6, 6.07) is 7.53. The number of esters is 1. The number of methoxy groups -OCH3 is 1. The molecular weight excluding hydrogens is 256 g/mol. The zero-order valence-corrected chi connectivity index (χ0v) is 11.9. The van der Waals surface area contributed by atoms with Crippen LogP contribution in [0.25, 0.3) is 5.69 Å². The summed E-state index contributed by atoms with van der Waals surface area (Å²) in [6.45, 7) is 4.13. The fourth-order valence-corrected chi connectivity index (χ4v) is 2.04. The molecule has 0 saturated carbocycles. The van der Waals surface area contributed by atoms with Gasteiger partial charge in [0, 0.05) is 0 Å². The Morgan fingerprint density at radius 3 is 2.50 bits per heavy atom. The molecule has 2 aromatic rings. The molecule has 106 valence electrons. The van der Waals surface area contributed by atoms with Crippen LogP contribution in [0.4, 0.5) is 0 Å². The van der Waals surface area contributed by atoms with Crippen LogP contribution >= 0.6 is 0 Å². The van der Waals surface area contributed by atoms with Gasteiger partial charge in [0.05, 0.1) is 31.3 Å². The molecule has 5 heteroatoms. The van der Waals surface area contributed by atoms with Crippen LogP contribution < -0.4 is 4.74 Å². The molecule has 0 fully saturated rings. The molecular formula is C15H18N2O3. The molecule has 0 aliphatic heterocycles. The highest BCUT2D eigenvalue weighted by molar-refractivity contribution is 5.90. The highest BCUT2D eigenvalue weighted by atomic mass is 16.5. The molecule has 0 aliphatic rings. The normalized spacial score (nSPS) is 10.3. The monoisotopic (exact) mass is 274 g/mol. The van der Waals surface area contributed by atoms with Crippen molar-refractivity contribution in [2.75, 3.05) is 13.7 Å². The predicted molar refractivity (Wildman–Crippen MR) is 75.5 cm³/mol. The predicted octanol–water partition coefficient (Wildman–Crippen LogP) is 2.62. The maximum Gasteiger partial charge on any atom is 0.341 e. The number of benzene rings is 1. The molecule has 0 saturated heterocycles. The van der Waals surface area contributed by atoms with E-state index in [1.807, 2.05) is 31.2 Å². The van der Waals surface area contributed by atoms with Gasteiger partial charge in [-0.25, -0.2) is 9.48 Å². The maximum atomic E-state index is 11.9. The summed E-state index contributed by atoms with van der Waals surface area (Å²) in [4.78, 5) is 11.9. The van der Waals surface area contributed by atoms with Gasteiger partial charge in [-0.3, -0.25) is 0 Å². The highest BCUT2D eigenvalue weighted by Crippen LogP contribution is 2.19. The Bertz CT molecular complexity index is 588. The fourth-order valence-electron chi connectivity index (χ4n) is 2.04. The summed E-state index contributed by atoms with van der Waals surface area (Å²) < 4.78 is 11.9. The van der Waals surface area contributed by atoms with Gasteiger partial charge < -0.3 is 9.47 Å². The van der Waals surface area contributed by atoms with Crippen LogP contribution in [0.2, 0.25) is 0 Å². The zero-order chi connectivity index (χ0) is 14.5. The van der Waals surface area contributed by atoms with Gasteiger partial charge in [0.2, 0.25) is 0 Å². The molecule has 1 aromatic carbocycles. The highest BCUT2D eigenvalue weighted by Gasteiger charge is 2.17. The van der Waals surface area contributed by atoms with Gasteiger partial charge in [0.1, 0.15) is 11.3 Å². The Balaban J connectivity index is 2.38. The summed E-state index contributed by atoms with van der Waals surface area (Å²) in [5, 5.41) is 4.29. The molecule has 1 heterocycles. The quantitative estimate of drug-likeness (QED) is 0.786. The number of aromatic nitrogens is 2. The minimum absolute atomic E-state index is 0.330. The van der Waals surface area contributed by atoms with E-state index in [0.29, 0.717) is 18.6 Å². The van der Waals surface area contributed by atoms with Crippen LogP contribution in [0.15, 0.2) is 30.5 Å². The second-order valence-electron chi connectivity index (χ2n) is 4.19. The van der Waals surface area contributed by atoms with E-state index in [2.05, 4.69) is 5.10 Å². The molecule has 20 heavy (non-hydrogen) atoms. The minimum atomic E-state index is -0.330. The molecule has 0 spiro atoms. The Morgan fingerprint density at radius 2 is 1.95 bits per heavy atom. The van der Waals surface area contributed by atoms with E-state index in [4.69, 9.17) is 9.47 Å². The van der Waals surface area contributed by atoms with Gasteiger partial charge >= 0.3 is 5.97 Å². The standard InChI is InChI=1S/C15H18N2O3/c1-4-14-13(15(18)20-5-2)10-16-17(14)11-6-8-12(19-3)9-7-11/h6-10H,4-5H2,1-3H3. The Labute approximate surface area is 118 Å². The lowest BCUT2D eigenvalue weighted by molar-refractivity contribution is 0.0525. The van der Waals surface area contributed by atoms with Gasteiger partial charge in [-0.15, -0.1) is 0 Å². The molecule has 0 atom stereocenters. The third-order valence-corrected chi connectivity index (χ3v) is 3.02. The van der Waals surface area contributed by atoms with Crippen LogP contribution in [0.1, 0.15) is 29.9 Å². The zero-order valence-electron chi connectivity index (χ0n) is 11.9. The SMILES string of the molecule is CCOC(=O)c1cnn(-c2ccc(OC)cc2)c1CC. The van der Waals surface area contributed by atoms with Crippen LogP contribution in [0, 0.1) is 0 Å². The van der Waals surface area contributed by atoms with Crippen LogP contribution in [-0.2, 0) is 11.2 Å². The van der Waals surface area contributed by atoms with E-state index in [1.165, 1.54) is 0 Å². The third kappa shape index (κ3) is 2.66. The molecule has 5 nitrogen and oxygen atoms in total. The first-order chi connectivity index (χ1) is 9.71. The Morgan fingerprint density at radius 1 is 1.25 bits per heavy atom. The third-order valence-electron chi connectivity index (χ3n) is 3.02. The average Bonchev–Trinajstić information content (AvgIpc) is 2.91. The van der Waals surface area contributed by atoms with Crippen molar-refractivity contribution in [3.63, 3.8) is 0 Å². The molecule has 0 amide bonds. The van der Waals surface area contributed by atoms with E-state index in [-0.39, 0.29) is 5.97 Å². The van der Waals surface area contributed by atoms with Crippen molar-refractivity contribution < 1.29 is 14.3 Å². The summed E-state index contributed by atoms with van der Waals surface area (Å²) in [6.07, 6.45) is 2.25. The summed E-state index contributed by atoms with van der Waals surface area (Å²) in [5.41, 5.74) is 2.25. The first kappa shape index (κ1) is 14.1. The van der Waals surface area contributed by atoms with Crippen molar-refractivity contribution in [1.82, 2.24) is 9.78 Å². The smallest absolute Gasteiger partial charge is 0.341 e. The van der Waals surface area contributed by atoms with E-state index in [0.717, 1.165) is 17.1 Å². The number of ether oxygens (including phenoxy) is 2. The van der Waals surface area contributed by atoms with Crippen molar-refractivity contribution in [2.45, 2.75) is 20.3 Å². The number of rotatable bonds is 5. The molecule has 2 rings (SSSR count). The van der Waals surface area contributed by atoms with Crippen molar-refractivity contribution in [2.24, 2.45) is 0 Å². The van der Waals surface area contributed by atoms with Gasteiger partial charge in [-0.1, -0.05) is 6.92 Å². The molecule has 0 N–H and O–H groups in total. The van der Waals surface area contributed by atoms with Crippen molar-refractivity contribution >= 4 is 5.97 Å². The second-order valence-corrected chi connectivity index (χ2v) is 4.19. The van der Waals surface area contributed by atoms with Crippen molar-refractivity contribution in [3.8, 4) is 11.4 Å². The van der Waals surface area contributed by atoms with Crippen LogP contribution in [0.3, 0.4) is 0 Å². The summed E-state index contributed by atoms with van der Waals surface area (Å²) in [5.74, 6) is 0.452. The Kier molecular flexibility index (Phi) is 4.40. The van der Waals surface area contributed by atoms with Crippen LogP contribution in [0.5, 0.6) is 5.75 Å². The number of carbonyl (C=O) groups is 1. The van der Waals surface area contributed by atoms with Crippen molar-refractivity contribution in [1.29, 1.82) is 0 Å². The van der Waals surface area contributed by atoms with Gasteiger partial charge in [-0.05, 0) is 37.6 Å². The Hall–Kier alpha value is -2.30. The number of carbonyl (C=O) groups excluding carboxylic acids is 1. The number of nitrogens with zero attached hydrogens (tertiary/aromatic N) is 2. The van der Waals surface area contributed by atoms with E-state index < -0.39 is 0 Å². The van der Waals surface area contributed by atoms with E-state index in [1.54, 1.807) is 24.9 Å². The average molecular weight is 274 g/mol. The van der Waals surface area contributed by atoms with Crippen LogP contribution in [-0.4, -0.2) is 29.5 Å².